The second-order valence-electron chi connectivity index (χ2n) is 6.79. The topological polar surface area (TPSA) is 80.3 Å². The molecule has 0 spiro atoms. The minimum Gasteiger partial charge on any atom is -0.478 e. The van der Waals surface area contributed by atoms with E-state index in [0.29, 0.717) is 22.7 Å². The zero-order valence-corrected chi connectivity index (χ0v) is 16.0. The van der Waals surface area contributed by atoms with Crippen LogP contribution in [-0.4, -0.2) is 22.4 Å². The van der Waals surface area contributed by atoms with Crippen molar-refractivity contribution in [1.82, 2.24) is 4.98 Å². The minimum atomic E-state index is -1.20. The molecule has 29 heavy (non-hydrogen) atoms. The van der Waals surface area contributed by atoms with Gasteiger partial charge in [-0.05, 0) is 68.4 Å². The molecule has 0 aliphatic rings. The Bertz CT molecular complexity index is 1010. The molecule has 0 atom stereocenters. The van der Waals surface area contributed by atoms with Gasteiger partial charge in [0.05, 0.1) is 0 Å². The molecule has 148 valence electrons. The summed E-state index contributed by atoms with van der Waals surface area (Å²) < 4.78 is 18.7. The van der Waals surface area contributed by atoms with E-state index in [0.717, 1.165) is 0 Å². The number of nitrogens with zero attached hydrogens (tertiary/aromatic N) is 1. The van der Waals surface area contributed by atoms with Gasteiger partial charge in [-0.25, -0.2) is 4.39 Å². The summed E-state index contributed by atoms with van der Waals surface area (Å²) in [6.45, 7) is 3.22. The van der Waals surface area contributed by atoms with Crippen molar-refractivity contribution in [3.63, 3.8) is 0 Å². The van der Waals surface area contributed by atoms with Gasteiger partial charge in [-0.3, -0.25) is 14.6 Å². The first-order chi connectivity index (χ1) is 13.8. The summed E-state index contributed by atoms with van der Waals surface area (Å²) >= 11 is 0. The molecule has 0 radical (unpaired) electrons. The Kier molecular flexibility index (Phi) is 5.87. The highest BCUT2D eigenvalue weighted by Gasteiger charge is 2.30. The number of pyridine rings is 1. The molecule has 0 aliphatic carbocycles. The molecule has 2 amide bonds. The first-order valence-corrected chi connectivity index (χ1v) is 8.91. The van der Waals surface area contributed by atoms with E-state index in [2.05, 4.69) is 15.6 Å². The molecule has 0 unspecified atom stereocenters. The van der Waals surface area contributed by atoms with Gasteiger partial charge in [0.2, 0.25) is 0 Å². The maximum atomic E-state index is 13.0. The van der Waals surface area contributed by atoms with E-state index < -0.39 is 5.60 Å². The van der Waals surface area contributed by atoms with E-state index in [-0.39, 0.29) is 17.6 Å². The van der Waals surface area contributed by atoms with E-state index in [1.54, 1.807) is 50.2 Å². The fourth-order valence-electron chi connectivity index (χ4n) is 2.51. The maximum Gasteiger partial charge on any atom is 0.267 e. The number of carbonyl (C=O) groups is 2. The van der Waals surface area contributed by atoms with E-state index >= 15 is 0 Å². The van der Waals surface area contributed by atoms with E-state index in [9.17, 15) is 14.0 Å². The second-order valence-corrected chi connectivity index (χ2v) is 6.79. The number of aromatic nitrogens is 1. The zero-order valence-electron chi connectivity index (χ0n) is 16.0. The van der Waals surface area contributed by atoms with Crippen molar-refractivity contribution in [1.29, 1.82) is 0 Å². The summed E-state index contributed by atoms with van der Waals surface area (Å²) in [5, 5.41) is 5.54. The molecule has 0 fully saturated rings. The van der Waals surface area contributed by atoms with Crippen molar-refractivity contribution in [2.45, 2.75) is 19.4 Å². The lowest BCUT2D eigenvalue weighted by atomic mass is 10.1. The van der Waals surface area contributed by atoms with Crippen LogP contribution in [0, 0.1) is 5.82 Å². The molecular formula is C22H20FN3O3. The Morgan fingerprint density at radius 2 is 1.55 bits per heavy atom. The molecule has 0 bridgehead atoms. The summed E-state index contributed by atoms with van der Waals surface area (Å²) in [7, 11) is 0. The standard InChI is InChI=1S/C22H20FN3O3/c1-22(2,29-19-8-6-16(23)7-9-19)21(28)26-18-5-3-4-17(14-18)25-20(27)15-10-12-24-13-11-15/h3-14H,1-2H3,(H,25,27)(H,26,28). The first-order valence-electron chi connectivity index (χ1n) is 8.91. The molecule has 1 heterocycles. The van der Waals surface area contributed by atoms with Gasteiger partial charge >= 0.3 is 0 Å². The lowest BCUT2D eigenvalue weighted by molar-refractivity contribution is -0.128. The number of halogens is 1. The van der Waals surface area contributed by atoms with Crippen LogP contribution in [0.2, 0.25) is 0 Å². The number of nitrogens with one attached hydrogen (secondary N) is 2. The largest absolute Gasteiger partial charge is 0.478 e. The molecule has 2 N–H and O–H groups in total. The van der Waals surface area contributed by atoms with Gasteiger partial charge in [-0.2, -0.15) is 0 Å². The highest BCUT2D eigenvalue weighted by atomic mass is 19.1. The minimum absolute atomic E-state index is 0.282. The predicted molar refractivity (Wildman–Crippen MR) is 108 cm³/mol. The quantitative estimate of drug-likeness (QED) is 0.655. The molecule has 0 aliphatic heterocycles. The smallest absolute Gasteiger partial charge is 0.267 e. The van der Waals surface area contributed by atoms with Crippen molar-refractivity contribution in [3.05, 3.63) is 84.4 Å². The van der Waals surface area contributed by atoms with Crippen LogP contribution in [0.3, 0.4) is 0 Å². The molecule has 7 heteroatoms. The van der Waals surface area contributed by atoms with Gasteiger partial charge in [0.1, 0.15) is 11.6 Å². The van der Waals surface area contributed by atoms with Crippen LogP contribution in [0.4, 0.5) is 15.8 Å². The van der Waals surface area contributed by atoms with Crippen molar-refractivity contribution >= 4 is 23.2 Å². The van der Waals surface area contributed by atoms with Crippen molar-refractivity contribution in [2.75, 3.05) is 10.6 Å². The van der Waals surface area contributed by atoms with Gasteiger partial charge in [0.25, 0.3) is 11.8 Å². The molecule has 0 saturated heterocycles. The average molecular weight is 393 g/mol. The molecule has 2 aromatic carbocycles. The highest BCUT2D eigenvalue weighted by molar-refractivity contribution is 6.04. The maximum absolute atomic E-state index is 13.0. The van der Waals surface area contributed by atoms with E-state index in [4.69, 9.17) is 4.74 Å². The summed E-state index contributed by atoms with van der Waals surface area (Å²) in [5.74, 6) is -0.676. The Hall–Kier alpha value is -3.74. The molecule has 0 saturated carbocycles. The third kappa shape index (κ3) is 5.38. The Morgan fingerprint density at radius 1 is 0.931 bits per heavy atom. The van der Waals surface area contributed by atoms with Gasteiger partial charge in [0.15, 0.2) is 5.60 Å². The third-order valence-electron chi connectivity index (χ3n) is 4.05. The van der Waals surface area contributed by atoms with Crippen molar-refractivity contribution in [2.24, 2.45) is 0 Å². The summed E-state index contributed by atoms with van der Waals surface area (Å²) in [6, 6.07) is 15.4. The molecular weight excluding hydrogens is 373 g/mol. The van der Waals surface area contributed by atoms with Crippen LogP contribution in [-0.2, 0) is 4.79 Å². The first kappa shape index (κ1) is 20.0. The summed E-state index contributed by atoms with van der Waals surface area (Å²) in [4.78, 5) is 28.8. The highest BCUT2D eigenvalue weighted by Crippen LogP contribution is 2.22. The fourth-order valence-corrected chi connectivity index (χ4v) is 2.51. The number of anilines is 2. The van der Waals surface area contributed by atoms with Gasteiger partial charge in [-0.15, -0.1) is 0 Å². The third-order valence-corrected chi connectivity index (χ3v) is 4.05. The molecule has 6 nitrogen and oxygen atoms in total. The fraction of sp³-hybridized carbons (Fsp3) is 0.136. The Morgan fingerprint density at radius 3 is 2.21 bits per heavy atom. The van der Waals surface area contributed by atoms with Crippen LogP contribution in [0.1, 0.15) is 24.2 Å². The number of ether oxygens (including phenoxy) is 1. The Balaban J connectivity index is 1.66. The van der Waals surface area contributed by atoms with Gasteiger partial charge in [0, 0.05) is 29.3 Å². The average Bonchev–Trinajstić information content (AvgIpc) is 2.70. The predicted octanol–water partition coefficient (Wildman–Crippen LogP) is 4.27. The van der Waals surface area contributed by atoms with Crippen LogP contribution < -0.4 is 15.4 Å². The lowest BCUT2D eigenvalue weighted by Crippen LogP contribution is -2.42. The van der Waals surface area contributed by atoms with Crippen LogP contribution in [0.25, 0.3) is 0 Å². The normalized spacial score (nSPS) is 10.9. The van der Waals surface area contributed by atoms with Crippen molar-refractivity contribution < 1.29 is 18.7 Å². The molecule has 3 rings (SSSR count). The van der Waals surface area contributed by atoms with Crippen LogP contribution in [0.5, 0.6) is 5.75 Å². The zero-order chi connectivity index (χ0) is 20.9. The summed E-state index contributed by atoms with van der Waals surface area (Å²) in [6.07, 6.45) is 3.07. The number of benzene rings is 2. The molecule has 1 aromatic heterocycles. The Labute approximate surface area is 167 Å². The van der Waals surface area contributed by atoms with Gasteiger partial charge in [-0.1, -0.05) is 6.07 Å². The number of hydrogen-bond donors (Lipinski definition) is 2. The van der Waals surface area contributed by atoms with Crippen LogP contribution >= 0.6 is 0 Å². The van der Waals surface area contributed by atoms with E-state index in [1.165, 1.54) is 36.7 Å². The lowest BCUT2D eigenvalue weighted by Gasteiger charge is -2.25. The van der Waals surface area contributed by atoms with E-state index in [1.807, 2.05) is 0 Å². The number of amides is 2. The van der Waals surface area contributed by atoms with Crippen LogP contribution in [0.15, 0.2) is 73.1 Å². The second kappa shape index (κ2) is 8.52. The number of carbonyl (C=O) groups excluding carboxylic acids is 2. The number of rotatable bonds is 6. The summed E-state index contributed by atoms with van der Waals surface area (Å²) in [5.41, 5.74) is 0.303. The van der Waals surface area contributed by atoms with Gasteiger partial charge < -0.3 is 15.4 Å². The van der Waals surface area contributed by atoms with Crippen molar-refractivity contribution in [3.8, 4) is 5.75 Å². The monoisotopic (exact) mass is 393 g/mol. The molecule has 3 aromatic rings. The SMILES string of the molecule is CC(C)(Oc1ccc(F)cc1)C(=O)Nc1cccc(NC(=O)c2ccncc2)c1. The number of hydrogen-bond acceptors (Lipinski definition) is 4.